The Morgan fingerprint density at radius 1 is 1.27 bits per heavy atom. The minimum atomic E-state index is 0.846. The molecule has 1 heteroatoms. The molecular formula is C14H17O. The Kier molecular flexibility index (Phi) is 3.44. The Morgan fingerprint density at radius 2 is 2.13 bits per heavy atom. The molecule has 1 aromatic carbocycles. The van der Waals surface area contributed by atoms with Crippen molar-refractivity contribution in [1.82, 2.24) is 0 Å². The number of rotatable bonds is 4. The lowest BCUT2D eigenvalue weighted by molar-refractivity contribution is 0.201. The summed E-state index contributed by atoms with van der Waals surface area (Å²) in [7, 11) is 0. The van der Waals surface area contributed by atoms with Crippen LogP contribution in [0.4, 0.5) is 0 Å². The molecule has 0 bridgehead atoms. The lowest BCUT2D eigenvalue weighted by Gasteiger charge is -2.17. The number of unbranched alkanes of at least 4 members (excludes halogenated alkanes) is 1. The van der Waals surface area contributed by atoms with E-state index < -0.39 is 0 Å². The van der Waals surface area contributed by atoms with Crippen molar-refractivity contribution in [2.24, 2.45) is 0 Å². The standard InChI is InChI=1S/C14H17O/c1-2-3-10-15-14-9-8-12-6-4-5-7-13(12)11-14/h4-9H,2-3,10-11H2,1H3. The molecule has 1 radical (unpaired) electrons. The quantitative estimate of drug-likeness (QED) is 0.677. The van der Waals surface area contributed by atoms with E-state index in [-0.39, 0.29) is 0 Å². The van der Waals surface area contributed by atoms with E-state index in [4.69, 9.17) is 4.74 Å². The average Bonchev–Trinajstić information content (AvgIpc) is 2.29. The van der Waals surface area contributed by atoms with E-state index in [0.29, 0.717) is 0 Å². The van der Waals surface area contributed by atoms with Crippen molar-refractivity contribution in [3.05, 3.63) is 53.6 Å². The Bertz CT molecular complexity index is 352. The highest BCUT2D eigenvalue weighted by Crippen LogP contribution is 2.22. The molecule has 0 atom stereocenters. The maximum atomic E-state index is 5.71. The highest BCUT2D eigenvalue weighted by Gasteiger charge is 2.10. The van der Waals surface area contributed by atoms with E-state index >= 15 is 0 Å². The number of allylic oxidation sites excluding steroid dienone is 2. The molecule has 0 saturated heterocycles. The Morgan fingerprint density at radius 3 is 3.00 bits per heavy atom. The van der Waals surface area contributed by atoms with Crippen LogP contribution in [0.5, 0.6) is 0 Å². The molecule has 0 fully saturated rings. The molecule has 0 heterocycles. The van der Waals surface area contributed by atoms with Crippen molar-refractivity contribution < 1.29 is 4.74 Å². The van der Waals surface area contributed by atoms with Crippen LogP contribution in [0.25, 0.3) is 0 Å². The predicted molar refractivity (Wildman–Crippen MR) is 62.5 cm³/mol. The van der Waals surface area contributed by atoms with Crippen molar-refractivity contribution in [2.45, 2.75) is 26.2 Å². The second-order valence-corrected chi connectivity index (χ2v) is 3.88. The van der Waals surface area contributed by atoms with Crippen LogP contribution in [0.1, 0.15) is 30.9 Å². The summed E-state index contributed by atoms with van der Waals surface area (Å²) in [6.45, 7) is 3.03. The van der Waals surface area contributed by atoms with Crippen molar-refractivity contribution in [1.29, 1.82) is 0 Å². The fourth-order valence-corrected chi connectivity index (χ4v) is 1.73. The molecule has 2 rings (SSSR count). The van der Waals surface area contributed by atoms with Crippen LogP contribution >= 0.6 is 0 Å². The van der Waals surface area contributed by atoms with Gasteiger partial charge in [0.15, 0.2) is 0 Å². The zero-order valence-electron chi connectivity index (χ0n) is 9.20. The first-order chi connectivity index (χ1) is 7.40. The van der Waals surface area contributed by atoms with Gasteiger partial charge in [-0.25, -0.2) is 0 Å². The van der Waals surface area contributed by atoms with Crippen LogP contribution in [0.2, 0.25) is 0 Å². The maximum absolute atomic E-state index is 5.71. The first kappa shape index (κ1) is 10.3. The molecule has 15 heavy (non-hydrogen) atoms. The first-order valence-corrected chi connectivity index (χ1v) is 5.65. The third kappa shape index (κ3) is 2.62. The minimum Gasteiger partial charge on any atom is -0.498 e. The van der Waals surface area contributed by atoms with Crippen LogP contribution in [0, 0.1) is 6.42 Å². The lowest BCUT2D eigenvalue weighted by atomic mass is 9.96. The van der Waals surface area contributed by atoms with E-state index in [2.05, 4.69) is 43.7 Å². The summed E-state index contributed by atoms with van der Waals surface area (Å²) >= 11 is 0. The van der Waals surface area contributed by atoms with Gasteiger partial charge in [0.05, 0.1) is 12.4 Å². The van der Waals surface area contributed by atoms with Crippen LogP contribution in [-0.2, 0) is 11.2 Å². The van der Waals surface area contributed by atoms with Gasteiger partial charge in [-0.05, 0) is 23.6 Å². The maximum Gasteiger partial charge on any atom is 0.0970 e. The second kappa shape index (κ2) is 5.01. The predicted octanol–water partition coefficient (Wildman–Crippen LogP) is 3.50. The molecule has 1 nitrogen and oxygen atoms in total. The van der Waals surface area contributed by atoms with Gasteiger partial charge in [-0.15, -0.1) is 0 Å². The van der Waals surface area contributed by atoms with E-state index in [9.17, 15) is 0 Å². The topological polar surface area (TPSA) is 9.23 Å². The Hall–Kier alpha value is -1.24. The van der Waals surface area contributed by atoms with E-state index in [1.807, 2.05) is 0 Å². The number of ether oxygens (including phenoxy) is 1. The van der Waals surface area contributed by atoms with Gasteiger partial charge in [0.1, 0.15) is 0 Å². The number of hydrogen-bond donors (Lipinski definition) is 0. The van der Waals surface area contributed by atoms with Crippen LogP contribution in [0.15, 0.2) is 36.1 Å². The van der Waals surface area contributed by atoms with E-state index in [1.165, 1.54) is 17.5 Å². The Labute approximate surface area is 91.8 Å². The molecule has 0 N–H and O–H groups in total. The number of benzene rings is 1. The molecule has 1 aliphatic rings. The molecule has 0 spiro atoms. The van der Waals surface area contributed by atoms with Gasteiger partial charge < -0.3 is 4.74 Å². The van der Waals surface area contributed by atoms with Crippen molar-refractivity contribution in [2.75, 3.05) is 6.61 Å². The second-order valence-electron chi connectivity index (χ2n) is 3.88. The molecule has 0 aliphatic heterocycles. The first-order valence-electron chi connectivity index (χ1n) is 5.65. The fraction of sp³-hybridized carbons (Fsp3) is 0.357. The SMILES string of the molecule is CCCCOC1=C[CH]c2ccccc2C1. The van der Waals surface area contributed by atoms with Crippen LogP contribution < -0.4 is 0 Å². The fourth-order valence-electron chi connectivity index (χ4n) is 1.73. The minimum absolute atomic E-state index is 0.846. The summed E-state index contributed by atoms with van der Waals surface area (Å²) in [5.41, 5.74) is 2.69. The van der Waals surface area contributed by atoms with Crippen molar-refractivity contribution in [3.8, 4) is 0 Å². The summed E-state index contributed by atoms with van der Waals surface area (Å²) in [4.78, 5) is 0. The van der Waals surface area contributed by atoms with Gasteiger partial charge in [0.25, 0.3) is 0 Å². The molecule has 0 saturated carbocycles. The molecule has 0 amide bonds. The van der Waals surface area contributed by atoms with Crippen LogP contribution in [0.3, 0.4) is 0 Å². The highest BCUT2D eigenvalue weighted by molar-refractivity contribution is 5.42. The van der Waals surface area contributed by atoms with E-state index in [0.717, 1.165) is 25.2 Å². The van der Waals surface area contributed by atoms with E-state index in [1.54, 1.807) is 0 Å². The van der Waals surface area contributed by atoms with Crippen molar-refractivity contribution >= 4 is 0 Å². The average molecular weight is 201 g/mol. The van der Waals surface area contributed by atoms with Gasteiger partial charge in [-0.1, -0.05) is 37.6 Å². The summed E-state index contributed by atoms with van der Waals surface area (Å²) in [5.74, 6) is 1.10. The third-order valence-corrected chi connectivity index (χ3v) is 2.65. The summed E-state index contributed by atoms with van der Waals surface area (Å²) in [5, 5.41) is 0. The van der Waals surface area contributed by atoms with Gasteiger partial charge in [-0.3, -0.25) is 0 Å². The van der Waals surface area contributed by atoms with Gasteiger partial charge >= 0.3 is 0 Å². The molecule has 1 aliphatic carbocycles. The normalized spacial score (nSPS) is 14.3. The Balaban J connectivity index is 1.94. The lowest BCUT2D eigenvalue weighted by Crippen LogP contribution is -2.05. The summed E-state index contributed by atoms with van der Waals surface area (Å²) in [6.07, 6.45) is 7.50. The van der Waals surface area contributed by atoms with Gasteiger partial charge in [0, 0.05) is 12.8 Å². The zero-order valence-corrected chi connectivity index (χ0v) is 9.20. The summed E-state index contributed by atoms with van der Waals surface area (Å²) in [6, 6.07) is 8.48. The highest BCUT2D eigenvalue weighted by atomic mass is 16.5. The largest absolute Gasteiger partial charge is 0.498 e. The molecule has 1 aromatic rings. The van der Waals surface area contributed by atoms with Crippen molar-refractivity contribution in [3.63, 3.8) is 0 Å². The monoisotopic (exact) mass is 201 g/mol. The summed E-state index contributed by atoms with van der Waals surface area (Å²) < 4.78 is 5.71. The smallest absolute Gasteiger partial charge is 0.0970 e. The number of hydrogen-bond acceptors (Lipinski definition) is 1. The van der Waals surface area contributed by atoms with Gasteiger partial charge in [0.2, 0.25) is 0 Å². The van der Waals surface area contributed by atoms with Gasteiger partial charge in [-0.2, -0.15) is 0 Å². The van der Waals surface area contributed by atoms with Crippen LogP contribution in [-0.4, -0.2) is 6.61 Å². The molecule has 0 aromatic heterocycles. The number of fused-ring (bicyclic) bond motifs is 1. The molecule has 79 valence electrons. The third-order valence-electron chi connectivity index (χ3n) is 2.65. The molecule has 0 unspecified atom stereocenters. The zero-order chi connectivity index (χ0) is 10.5. The molecular weight excluding hydrogens is 184 g/mol.